The van der Waals surface area contributed by atoms with E-state index in [2.05, 4.69) is 29.4 Å². The fourth-order valence-corrected chi connectivity index (χ4v) is 5.96. The second-order valence-electron chi connectivity index (χ2n) is 15.1. The third-order valence-corrected chi connectivity index (χ3v) is 8.41. The number of amides is 2. The van der Waals surface area contributed by atoms with Gasteiger partial charge in [-0.25, -0.2) is 19.3 Å². The maximum Gasteiger partial charge on any atom is 0.416 e. The van der Waals surface area contributed by atoms with E-state index in [0.717, 1.165) is 30.5 Å². The van der Waals surface area contributed by atoms with E-state index in [1.807, 2.05) is 52.3 Å². The highest BCUT2D eigenvalue weighted by Gasteiger charge is 2.33. The van der Waals surface area contributed by atoms with Gasteiger partial charge in [-0.15, -0.1) is 0 Å². The van der Waals surface area contributed by atoms with Crippen molar-refractivity contribution in [3.05, 3.63) is 35.8 Å². The van der Waals surface area contributed by atoms with Crippen LogP contribution in [0.25, 0.3) is 5.65 Å². The van der Waals surface area contributed by atoms with Gasteiger partial charge >= 0.3 is 12.2 Å². The summed E-state index contributed by atoms with van der Waals surface area (Å²) in [6.07, 6.45) is 5.07. The number of β-amino-alcohol motifs (C(OH)–C–C–N with tert-alkyl or cyclic N) is 1. The summed E-state index contributed by atoms with van der Waals surface area (Å²) < 4.78 is 21.0. The molecule has 48 heavy (non-hydrogen) atoms. The van der Waals surface area contributed by atoms with E-state index in [-0.39, 0.29) is 31.2 Å². The third kappa shape index (κ3) is 8.56. The summed E-state index contributed by atoms with van der Waals surface area (Å²) in [6.45, 7) is 17.0. The number of carbonyl (C=O) groups is 2. The average molecular weight is 669 g/mol. The van der Waals surface area contributed by atoms with Gasteiger partial charge in [0.05, 0.1) is 31.1 Å². The van der Waals surface area contributed by atoms with Crippen LogP contribution in [0.15, 0.2) is 24.5 Å². The van der Waals surface area contributed by atoms with Crippen molar-refractivity contribution in [3.63, 3.8) is 0 Å². The predicted molar refractivity (Wildman–Crippen MR) is 181 cm³/mol. The molecule has 5 rings (SSSR count). The molecule has 3 aromatic heterocycles. The van der Waals surface area contributed by atoms with Crippen molar-refractivity contribution in [1.29, 1.82) is 0 Å². The second-order valence-corrected chi connectivity index (χ2v) is 15.1. The molecule has 5 heterocycles. The lowest BCUT2D eigenvalue weighted by Gasteiger charge is -2.36. The fraction of sp³-hybridized carbons (Fsp3) is 0.676. The highest BCUT2D eigenvalue weighted by atomic mass is 16.6. The van der Waals surface area contributed by atoms with Crippen molar-refractivity contribution in [3.8, 4) is 0 Å². The van der Waals surface area contributed by atoms with Gasteiger partial charge in [-0.2, -0.15) is 14.7 Å². The summed E-state index contributed by atoms with van der Waals surface area (Å²) >= 11 is 0. The van der Waals surface area contributed by atoms with Gasteiger partial charge in [0.15, 0.2) is 11.9 Å². The zero-order valence-corrected chi connectivity index (χ0v) is 29.6. The minimum atomic E-state index is -0.747. The number of ether oxygens (including phenoxy) is 3. The predicted octanol–water partition coefficient (Wildman–Crippen LogP) is 5.72. The third-order valence-electron chi connectivity index (χ3n) is 8.41. The number of nitrogens with one attached hydrogen (secondary N) is 1. The number of aliphatic hydroxyl groups is 1. The Morgan fingerprint density at radius 3 is 2.50 bits per heavy atom. The van der Waals surface area contributed by atoms with Gasteiger partial charge in [-0.05, 0) is 79.2 Å². The number of likely N-dealkylation sites (tertiary alicyclic amines) is 1. The molecule has 2 aliphatic rings. The summed E-state index contributed by atoms with van der Waals surface area (Å²) in [6, 6.07) is 3.68. The van der Waals surface area contributed by atoms with E-state index in [4.69, 9.17) is 19.2 Å². The molecule has 2 N–H and O–H groups in total. The first kappa shape index (κ1) is 35.4. The van der Waals surface area contributed by atoms with Crippen LogP contribution in [-0.2, 0) is 20.8 Å². The van der Waals surface area contributed by atoms with Crippen molar-refractivity contribution in [2.75, 3.05) is 36.5 Å². The summed E-state index contributed by atoms with van der Waals surface area (Å²) in [5, 5.41) is 23.7. The zero-order chi connectivity index (χ0) is 34.8. The van der Waals surface area contributed by atoms with Crippen LogP contribution in [0.4, 0.5) is 21.2 Å². The van der Waals surface area contributed by atoms with Crippen molar-refractivity contribution >= 4 is 29.5 Å². The molecule has 14 heteroatoms. The molecule has 0 spiro atoms. The van der Waals surface area contributed by atoms with Crippen LogP contribution in [0.1, 0.15) is 104 Å². The van der Waals surface area contributed by atoms with Gasteiger partial charge in [0.25, 0.3) is 0 Å². The number of nitrogens with zero attached hydrogens (tertiary/aromatic N) is 7. The summed E-state index contributed by atoms with van der Waals surface area (Å²) in [7, 11) is 0. The molecule has 264 valence electrons. The van der Waals surface area contributed by atoms with E-state index in [1.54, 1.807) is 32.8 Å². The lowest BCUT2D eigenvalue weighted by molar-refractivity contribution is -0.0411. The monoisotopic (exact) mass is 668 g/mol. The molecular weight excluding hydrogens is 616 g/mol. The minimum absolute atomic E-state index is 0.122. The molecule has 2 aliphatic heterocycles. The largest absolute Gasteiger partial charge is 0.444 e. The van der Waals surface area contributed by atoms with Gasteiger partial charge in [-0.1, -0.05) is 13.8 Å². The van der Waals surface area contributed by atoms with Crippen LogP contribution in [0, 0.1) is 5.92 Å². The number of rotatable bonds is 8. The van der Waals surface area contributed by atoms with Crippen LogP contribution >= 0.6 is 0 Å². The van der Waals surface area contributed by atoms with Crippen LogP contribution < -0.4 is 10.2 Å². The van der Waals surface area contributed by atoms with Crippen molar-refractivity contribution in [1.82, 2.24) is 29.3 Å². The van der Waals surface area contributed by atoms with Crippen LogP contribution in [0.5, 0.6) is 0 Å². The number of fused-ring (bicyclic) bond motifs is 1. The lowest BCUT2D eigenvalue weighted by atomic mass is 9.94. The van der Waals surface area contributed by atoms with E-state index < -0.39 is 29.5 Å². The first-order valence-corrected chi connectivity index (χ1v) is 17.0. The molecule has 2 amide bonds. The van der Waals surface area contributed by atoms with Gasteiger partial charge in [0, 0.05) is 43.4 Å². The molecule has 14 nitrogen and oxygen atoms in total. The number of hydrogen-bond acceptors (Lipinski definition) is 10. The maximum atomic E-state index is 14.0. The summed E-state index contributed by atoms with van der Waals surface area (Å²) in [5.41, 5.74) is 0.982. The first-order chi connectivity index (χ1) is 22.6. The van der Waals surface area contributed by atoms with Crippen LogP contribution in [0.3, 0.4) is 0 Å². The number of carbonyl (C=O) groups excluding carboxylic acids is 2. The number of anilines is 2. The summed E-state index contributed by atoms with van der Waals surface area (Å²) in [5.74, 6) is 0.990. The van der Waals surface area contributed by atoms with E-state index >= 15 is 0 Å². The molecule has 3 aromatic rings. The van der Waals surface area contributed by atoms with E-state index in [9.17, 15) is 14.7 Å². The number of aliphatic hydroxyl groups excluding tert-OH is 1. The normalized spacial score (nSPS) is 20.6. The summed E-state index contributed by atoms with van der Waals surface area (Å²) in [4.78, 5) is 34.6. The Morgan fingerprint density at radius 1 is 1.10 bits per heavy atom. The van der Waals surface area contributed by atoms with Crippen LogP contribution in [-0.4, -0.2) is 90.1 Å². The quantitative estimate of drug-likeness (QED) is 0.305. The lowest BCUT2D eigenvalue weighted by Crippen LogP contribution is -2.49. The number of aromatic nitrogens is 5. The Morgan fingerprint density at radius 2 is 1.85 bits per heavy atom. The van der Waals surface area contributed by atoms with E-state index in [1.165, 1.54) is 0 Å². The maximum absolute atomic E-state index is 14.0. The van der Waals surface area contributed by atoms with Crippen molar-refractivity contribution in [2.24, 2.45) is 5.92 Å². The molecule has 0 bridgehead atoms. The molecule has 0 saturated carbocycles. The van der Waals surface area contributed by atoms with Gasteiger partial charge in [0.2, 0.25) is 0 Å². The van der Waals surface area contributed by atoms with Crippen LogP contribution in [0.2, 0.25) is 0 Å². The Bertz CT molecular complexity index is 1570. The molecule has 2 fully saturated rings. The standard InChI is InChI=1S/C34H52N8O6/c1-22(2)25-19-37-42-28(40(32(45)48-34(6,7)8)20-24-12-14-36-41(24)29-11-9-10-16-46-29)17-27(38-30(25)42)35-18-23-13-15-39(21-26(23)43)31(44)47-33(3,4)5/h12,14,17,19,22-23,26,29,43H,9-11,13,15-16,18,20-21H2,1-8H3,(H,35,38)/t23-,26+,29?/m1/s1. The Labute approximate surface area is 282 Å². The molecule has 2 saturated heterocycles. The van der Waals surface area contributed by atoms with Gasteiger partial charge in [-0.3, -0.25) is 4.90 Å². The Balaban J connectivity index is 1.44. The molecule has 0 radical (unpaired) electrons. The number of piperidine rings is 1. The zero-order valence-electron chi connectivity index (χ0n) is 29.6. The van der Waals surface area contributed by atoms with Gasteiger partial charge in [0.1, 0.15) is 22.8 Å². The Hall–Kier alpha value is -3.91. The molecule has 3 atom stereocenters. The molecule has 0 aliphatic carbocycles. The van der Waals surface area contributed by atoms with Gasteiger partial charge < -0.3 is 29.5 Å². The minimum Gasteiger partial charge on any atom is -0.444 e. The van der Waals surface area contributed by atoms with Crippen molar-refractivity contribution < 1.29 is 28.9 Å². The first-order valence-electron chi connectivity index (χ1n) is 17.0. The molecule has 1 unspecified atom stereocenters. The molecule has 0 aromatic carbocycles. The Kier molecular flexibility index (Phi) is 10.5. The second kappa shape index (κ2) is 14.3. The molecular formula is C34H52N8O6. The van der Waals surface area contributed by atoms with Crippen molar-refractivity contribution in [2.45, 2.75) is 117 Å². The fourth-order valence-electron chi connectivity index (χ4n) is 5.96. The number of hydrogen-bond donors (Lipinski definition) is 2. The highest BCUT2D eigenvalue weighted by Crippen LogP contribution is 2.30. The topological polar surface area (TPSA) is 149 Å². The smallest absolute Gasteiger partial charge is 0.416 e. The van der Waals surface area contributed by atoms with E-state index in [0.29, 0.717) is 43.4 Å². The SMILES string of the molecule is CC(C)c1cnn2c(N(Cc3ccnn3C3CCCCO3)C(=O)OC(C)(C)C)cc(NC[C@H]3CCN(C(=O)OC(C)(C)C)C[C@@H]3O)nc12. The average Bonchev–Trinajstić information content (AvgIpc) is 3.65. The highest BCUT2D eigenvalue weighted by molar-refractivity contribution is 5.88.